The van der Waals surface area contributed by atoms with Crippen molar-refractivity contribution in [3.05, 3.63) is 17.0 Å². The van der Waals surface area contributed by atoms with E-state index in [-0.39, 0.29) is 17.9 Å². The van der Waals surface area contributed by atoms with Crippen molar-refractivity contribution in [2.75, 3.05) is 13.7 Å². The van der Waals surface area contributed by atoms with Crippen LogP contribution in [0.5, 0.6) is 0 Å². The standard InChI is InChI=1S/C12H20N2O3/c1-7(6-16-5)13-12(15)8(2)11-9(3)14-17-10(11)4/h7-8H,6H2,1-5H3,(H,13,15). The summed E-state index contributed by atoms with van der Waals surface area (Å²) < 4.78 is 10.0. The lowest BCUT2D eigenvalue weighted by molar-refractivity contribution is -0.123. The molecule has 0 aliphatic rings. The zero-order chi connectivity index (χ0) is 13.0. The van der Waals surface area contributed by atoms with Gasteiger partial charge < -0.3 is 14.6 Å². The Balaban J connectivity index is 2.70. The number of hydrogen-bond donors (Lipinski definition) is 1. The van der Waals surface area contributed by atoms with Gasteiger partial charge in [0.15, 0.2) is 0 Å². The van der Waals surface area contributed by atoms with Crippen LogP contribution in [0.3, 0.4) is 0 Å². The molecule has 0 fully saturated rings. The Kier molecular flexibility index (Phi) is 4.69. The number of methoxy groups -OCH3 is 1. The number of nitrogens with zero attached hydrogens (tertiary/aromatic N) is 1. The van der Waals surface area contributed by atoms with E-state index in [1.54, 1.807) is 7.11 Å². The second-order valence-corrected chi connectivity index (χ2v) is 4.32. The summed E-state index contributed by atoms with van der Waals surface area (Å²) in [5, 5.41) is 6.75. The zero-order valence-corrected chi connectivity index (χ0v) is 11.0. The minimum Gasteiger partial charge on any atom is -0.383 e. The molecular formula is C12H20N2O3. The average molecular weight is 240 g/mol. The molecule has 0 spiro atoms. The van der Waals surface area contributed by atoms with E-state index >= 15 is 0 Å². The first-order chi connectivity index (χ1) is 7.97. The van der Waals surface area contributed by atoms with Crippen molar-refractivity contribution in [1.29, 1.82) is 0 Å². The molecule has 1 rings (SSSR count). The fraction of sp³-hybridized carbons (Fsp3) is 0.667. The maximum Gasteiger partial charge on any atom is 0.227 e. The molecule has 1 aromatic heterocycles. The highest BCUT2D eigenvalue weighted by Gasteiger charge is 2.23. The third kappa shape index (κ3) is 3.30. The first kappa shape index (κ1) is 13.7. The molecule has 5 nitrogen and oxygen atoms in total. The molecule has 1 aromatic rings. The Morgan fingerprint density at radius 3 is 2.59 bits per heavy atom. The van der Waals surface area contributed by atoms with E-state index in [1.165, 1.54) is 0 Å². The van der Waals surface area contributed by atoms with Gasteiger partial charge in [-0.25, -0.2) is 0 Å². The number of aromatic nitrogens is 1. The van der Waals surface area contributed by atoms with Gasteiger partial charge in [-0.1, -0.05) is 5.16 Å². The van der Waals surface area contributed by atoms with E-state index in [0.717, 1.165) is 11.3 Å². The second kappa shape index (κ2) is 5.82. The highest BCUT2D eigenvalue weighted by Crippen LogP contribution is 2.23. The number of ether oxygens (including phenoxy) is 1. The number of carbonyl (C=O) groups excluding carboxylic acids is 1. The van der Waals surface area contributed by atoms with E-state index in [1.807, 2.05) is 27.7 Å². The summed E-state index contributed by atoms with van der Waals surface area (Å²) >= 11 is 0. The zero-order valence-electron chi connectivity index (χ0n) is 11.0. The molecular weight excluding hydrogens is 220 g/mol. The topological polar surface area (TPSA) is 64.4 Å². The van der Waals surface area contributed by atoms with E-state index in [4.69, 9.17) is 9.26 Å². The highest BCUT2D eigenvalue weighted by molar-refractivity contribution is 5.83. The van der Waals surface area contributed by atoms with Crippen LogP contribution in [0, 0.1) is 13.8 Å². The van der Waals surface area contributed by atoms with Crippen molar-refractivity contribution in [3.63, 3.8) is 0 Å². The van der Waals surface area contributed by atoms with Gasteiger partial charge in [0, 0.05) is 18.7 Å². The van der Waals surface area contributed by atoms with Gasteiger partial charge in [-0.2, -0.15) is 0 Å². The van der Waals surface area contributed by atoms with Gasteiger partial charge in [-0.3, -0.25) is 4.79 Å². The van der Waals surface area contributed by atoms with Crippen LogP contribution in [-0.4, -0.2) is 30.8 Å². The second-order valence-electron chi connectivity index (χ2n) is 4.32. The van der Waals surface area contributed by atoms with Crippen LogP contribution in [0.4, 0.5) is 0 Å². The third-order valence-electron chi connectivity index (χ3n) is 2.72. The predicted octanol–water partition coefficient (Wildman–Crippen LogP) is 1.55. The van der Waals surface area contributed by atoms with E-state index in [0.29, 0.717) is 12.4 Å². The Morgan fingerprint density at radius 1 is 1.47 bits per heavy atom. The number of carbonyl (C=O) groups is 1. The van der Waals surface area contributed by atoms with Gasteiger partial charge in [-0.05, 0) is 27.7 Å². The maximum absolute atomic E-state index is 12.0. The minimum absolute atomic E-state index is 0.00424. The summed E-state index contributed by atoms with van der Waals surface area (Å²) in [5.74, 6) is 0.397. The summed E-state index contributed by atoms with van der Waals surface area (Å²) in [6, 6.07) is -0.00424. The van der Waals surface area contributed by atoms with Gasteiger partial charge in [-0.15, -0.1) is 0 Å². The quantitative estimate of drug-likeness (QED) is 0.848. The Hall–Kier alpha value is -1.36. The lowest BCUT2D eigenvalue weighted by atomic mass is 9.98. The number of amides is 1. The van der Waals surface area contributed by atoms with Gasteiger partial charge >= 0.3 is 0 Å². The largest absolute Gasteiger partial charge is 0.383 e. The van der Waals surface area contributed by atoms with E-state index in [2.05, 4.69) is 10.5 Å². The molecule has 0 saturated carbocycles. The molecule has 0 aliphatic heterocycles. The normalized spacial score (nSPS) is 14.4. The summed E-state index contributed by atoms with van der Waals surface area (Å²) in [6.07, 6.45) is 0. The highest BCUT2D eigenvalue weighted by atomic mass is 16.5. The summed E-state index contributed by atoms with van der Waals surface area (Å²) in [6.45, 7) is 7.91. The van der Waals surface area contributed by atoms with Crippen LogP contribution in [0.25, 0.3) is 0 Å². The molecule has 17 heavy (non-hydrogen) atoms. The van der Waals surface area contributed by atoms with Gasteiger partial charge in [0.2, 0.25) is 5.91 Å². The fourth-order valence-corrected chi connectivity index (χ4v) is 1.90. The van der Waals surface area contributed by atoms with Crippen molar-refractivity contribution in [2.24, 2.45) is 0 Å². The van der Waals surface area contributed by atoms with E-state index in [9.17, 15) is 4.79 Å². The van der Waals surface area contributed by atoms with Gasteiger partial charge in [0.1, 0.15) is 5.76 Å². The van der Waals surface area contributed by atoms with Crippen LogP contribution >= 0.6 is 0 Å². The molecule has 0 aromatic carbocycles. The lowest BCUT2D eigenvalue weighted by Gasteiger charge is -2.16. The molecule has 96 valence electrons. The fourth-order valence-electron chi connectivity index (χ4n) is 1.90. The van der Waals surface area contributed by atoms with Crippen molar-refractivity contribution < 1.29 is 14.1 Å². The number of rotatable bonds is 5. The van der Waals surface area contributed by atoms with Crippen molar-refractivity contribution >= 4 is 5.91 Å². The molecule has 2 atom stereocenters. The molecule has 0 aliphatic carbocycles. The molecule has 2 unspecified atom stereocenters. The van der Waals surface area contributed by atoms with Crippen LogP contribution in [0.15, 0.2) is 4.52 Å². The van der Waals surface area contributed by atoms with E-state index < -0.39 is 0 Å². The van der Waals surface area contributed by atoms with Gasteiger partial charge in [0.25, 0.3) is 0 Å². The van der Waals surface area contributed by atoms with Gasteiger partial charge in [0.05, 0.1) is 18.2 Å². The number of hydrogen-bond acceptors (Lipinski definition) is 4. The monoisotopic (exact) mass is 240 g/mol. The smallest absolute Gasteiger partial charge is 0.227 e. The molecule has 1 N–H and O–H groups in total. The van der Waals surface area contributed by atoms with Crippen molar-refractivity contribution in [3.8, 4) is 0 Å². The van der Waals surface area contributed by atoms with Crippen LogP contribution < -0.4 is 5.32 Å². The van der Waals surface area contributed by atoms with Crippen LogP contribution in [0.2, 0.25) is 0 Å². The average Bonchev–Trinajstić information content (AvgIpc) is 2.58. The molecule has 0 saturated heterocycles. The van der Waals surface area contributed by atoms with Crippen molar-refractivity contribution in [2.45, 2.75) is 39.7 Å². The maximum atomic E-state index is 12.0. The first-order valence-corrected chi connectivity index (χ1v) is 5.69. The van der Waals surface area contributed by atoms with Crippen LogP contribution in [-0.2, 0) is 9.53 Å². The molecule has 5 heteroatoms. The third-order valence-corrected chi connectivity index (χ3v) is 2.72. The lowest BCUT2D eigenvalue weighted by Crippen LogP contribution is -2.38. The molecule has 1 amide bonds. The molecule has 0 bridgehead atoms. The molecule has 0 radical (unpaired) electrons. The summed E-state index contributed by atoms with van der Waals surface area (Å²) in [5.41, 5.74) is 1.64. The first-order valence-electron chi connectivity index (χ1n) is 5.69. The Bertz CT molecular complexity index is 368. The minimum atomic E-state index is -0.263. The van der Waals surface area contributed by atoms with Crippen molar-refractivity contribution in [1.82, 2.24) is 10.5 Å². The number of aryl methyl sites for hydroxylation is 2. The Labute approximate surface area is 102 Å². The SMILES string of the molecule is COCC(C)NC(=O)C(C)c1c(C)noc1C. The summed E-state index contributed by atoms with van der Waals surface area (Å²) in [7, 11) is 1.61. The van der Waals surface area contributed by atoms with Crippen LogP contribution in [0.1, 0.15) is 36.8 Å². The summed E-state index contributed by atoms with van der Waals surface area (Å²) in [4.78, 5) is 12.0. The Morgan fingerprint density at radius 2 is 2.12 bits per heavy atom. The number of nitrogens with one attached hydrogen (secondary N) is 1. The molecule has 1 heterocycles. The predicted molar refractivity (Wildman–Crippen MR) is 63.9 cm³/mol.